The topological polar surface area (TPSA) is 70.9 Å². The Hall–Kier alpha value is -3.34. The zero-order valence-corrected chi connectivity index (χ0v) is 16.1. The summed E-state index contributed by atoms with van der Waals surface area (Å²) in [7, 11) is 0. The van der Waals surface area contributed by atoms with Gasteiger partial charge in [0.25, 0.3) is 0 Å². The summed E-state index contributed by atoms with van der Waals surface area (Å²) >= 11 is 0. The molecule has 4 rings (SSSR count). The van der Waals surface area contributed by atoms with Crippen LogP contribution >= 0.6 is 0 Å². The average Bonchev–Trinajstić information content (AvgIpc) is 3.26. The van der Waals surface area contributed by atoms with Gasteiger partial charge in [-0.05, 0) is 37.6 Å². The van der Waals surface area contributed by atoms with E-state index in [-0.39, 0.29) is 5.91 Å². The van der Waals surface area contributed by atoms with Crippen LogP contribution in [0.1, 0.15) is 22.6 Å². The first kappa shape index (κ1) is 18.0. The Morgan fingerprint density at radius 3 is 2.71 bits per heavy atom. The molecule has 0 radical (unpaired) electrons. The summed E-state index contributed by atoms with van der Waals surface area (Å²) in [6.07, 6.45) is 2.90. The third-order valence-electron chi connectivity index (χ3n) is 4.90. The number of para-hydroxylation sites is 1. The lowest BCUT2D eigenvalue weighted by Crippen LogP contribution is -2.27. The predicted octanol–water partition coefficient (Wildman–Crippen LogP) is 4.34. The van der Waals surface area contributed by atoms with Crippen molar-refractivity contribution in [2.45, 2.75) is 26.7 Å². The van der Waals surface area contributed by atoms with E-state index in [4.69, 9.17) is 4.42 Å². The molecule has 28 heavy (non-hydrogen) atoms. The van der Waals surface area contributed by atoms with Crippen LogP contribution in [-0.2, 0) is 17.6 Å². The first-order valence-electron chi connectivity index (χ1n) is 9.45. The van der Waals surface area contributed by atoms with Gasteiger partial charge in [0.2, 0.25) is 11.8 Å². The fourth-order valence-corrected chi connectivity index (χ4v) is 3.31. The number of aryl methyl sites for hydroxylation is 2. The number of rotatable bonds is 6. The summed E-state index contributed by atoms with van der Waals surface area (Å²) in [6, 6.07) is 16.1. The molecule has 2 aromatic carbocycles. The van der Waals surface area contributed by atoms with Gasteiger partial charge in [0.15, 0.2) is 0 Å². The Kier molecular flexibility index (Phi) is 4.98. The molecule has 0 atom stereocenters. The van der Waals surface area contributed by atoms with Gasteiger partial charge in [0.05, 0.1) is 12.1 Å². The molecule has 142 valence electrons. The van der Waals surface area contributed by atoms with Gasteiger partial charge in [-0.1, -0.05) is 35.9 Å². The van der Waals surface area contributed by atoms with E-state index in [0.717, 1.165) is 33.5 Å². The lowest BCUT2D eigenvalue weighted by atomic mass is 10.1. The third kappa shape index (κ3) is 3.83. The van der Waals surface area contributed by atoms with Crippen molar-refractivity contribution < 1.29 is 9.21 Å². The maximum absolute atomic E-state index is 12.3. The average molecular weight is 373 g/mol. The van der Waals surface area contributed by atoms with E-state index in [2.05, 4.69) is 22.2 Å². The predicted molar refractivity (Wildman–Crippen MR) is 110 cm³/mol. The van der Waals surface area contributed by atoms with Gasteiger partial charge in [-0.2, -0.15) is 0 Å². The van der Waals surface area contributed by atoms with Crippen LogP contribution in [0.5, 0.6) is 0 Å². The summed E-state index contributed by atoms with van der Waals surface area (Å²) in [5.74, 6) is 1.42. The molecular formula is C23H23N3O2. The summed E-state index contributed by atoms with van der Waals surface area (Å²) in [6.45, 7) is 4.49. The quantitative estimate of drug-likeness (QED) is 0.528. The first-order valence-corrected chi connectivity index (χ1v) is 9.45. The second-order valence-corrected chi connectivity index (χ2v) is 7.02. The molecule has 4 aromatic rings. The molecule has 0 bridgehead atoms. The molecule has 5 nitrogen and oxygen atoms in total. The van der Waals surface area contributed by atoms with Crippen LogP contribution in [0.25, 0.3) is 22.4 Å². The Labute approximate surface area is 163 Å². The highest BCUT2D eigenvalue weighted by molar-refractivity contribution is 5.88. The number of hydrogen-bond acceptors (Lipinski definition) is 3. The van der Waals surface area contributed by atoms with Crippen LogP contribution in [0.15, 0.2) is 59.1 Å². The van der Waals surface area contributed by atoms with Gasteiger partial charge in [-0.25, -0.2) is 4.98 Å². The number of aromatic amines is 1. The first-order chi connectivity index (χ1) is 13.6. The standard InChI is InChI=1S/C23H23N3O2/c1-15-7-9-17(10-8-15)23-26-20(16(2)28-23)11-12-24-22(27)13-18-14-25-21-6-4-3-5-19(18)21/h3-10,14,25H,11-13H2,1-2H3,(H,24,27). The lowest BCUT2D eigenvalue weighted by molar-refractivity contribution is -0.120. The molecule has 0 fully saturated rings. The largest absolute Gasteiger partial charge is 0.441 e. The van der Waals surface area contributed by atoms with Gasteiger partial charge in [0.1, 0.15) is 5.76 Å². The highest BCUT2D eigenvalue weighted by Gasteiger charge is 2.12. The number of nitrogens with zero attached hydrogens (tertiary/aromatic N) is 1. The lowest BCUT2D eigenvalue weighted by Gasteiger charge is -2.04. The van der Waals surface area contributed by atoms with Gasteiger partial charge < -0.3 is 14.7 Å². The van der Waals surface area contributed by atoms with Crippen molar-refractivity contribution in [1.82, 2.24) is 15.3 Å². The van der Waals surface area contributed by atoms with E-state index in [1.807, 2.05) is 61.7 Å². The molecule has 2 aromatic heterocycles. The van der Waals surface area contributed by atoms with E-state index < -0.39 is 0 Å². The molecule has 0 aliphatic heterocycles. The molecule has 1 amide bonds. The molecule has 0 spiro atoms. The van der Waals surface area contributed by atoms with Crippen molar-refractivity contribution in [2.24, 2.45) is 0 Å². The normalized spacial score (nSPS) is 11.1. The van der Waals surface area contributed by atoms with Crippen LogP contribution in [0.3, 0.4) is 0 Å². The molecule has 0 saturated carbocycles. The van der Waals surface area contributed by atoms with E-state index in [0.29, 0.717) is 25.3 Å². The number of fused-ring (bicyclic) bond motifs is 1. The summed E-state index contributed by atoms with van der Waals surface area (Å²) in [5, 5.41) is 4.07. The fraction of sp³-hybridized carbons (Fsp3) is 0.217. The van der Waals surface area contributed by atoms with Crippen LogP contribution < -0.4 is 5.32 Å². The molecule has 0 aliphatic carbocycles. The van der Waals surface area contributed by atoms with Gasteiger partial charge >= 0.3 is 0 Å². The van der Waals surface area contributed by atoms with Crippen molar-refractivity contribution in [1.29, 1.82) is 0 Å². The highest BCUT2D eigenvalue weighted by Crippen LogP contribution is 2.22. The van der Waals surface area contributed by atoms with Crippen molar-refractivity contribution >= 4 is 16.8 Å². The van der Waals surface area contributed by atoms with Crippen LogP contribution in [0.4, 0.5) is 0 Å². The fourth-order valence-electron chi connectivity index (χ4n) is 3.31. The maximum Gasteiger partial charge on any atom is 0.226 e. The van der Waals surface area contributed by atoms with Crippen molar-refractivity contribution in [3.05, 3.63) is 77.3 Å². The zero-order valence-electron chi connectivity index (χ0n) is 16.1. The minimum Gasteiger partial charge on any atom is -0.441 e. The third-order valence-corrected chi connectivity index (χ3v) is 4.90. The van der Waals surface area contributed by atoms with Gasteiger partial charge in [-0.3, -0.25) is 4.79 Å². The second-order valence-electron chi connectivity index (χ2n) is 7.02. The Bertz CT molecular complexity index is 1110. The second kappa shape index (κ2) is 7.72. The number of aromatic nitrogens is 2. The molecule has 2 N–H and O–H groups in total. The molecule has 0 unspecified atom stereocenters. The number of carbonyl (C=O) groups excluding carboxylic acids is 1. The van der Waals surface area contributed by atoms with Crippen LogP contribution in [-0.4, -0.2) is 22.4 Å². The van der Waals surface area contributed by atoms with Gasteiger partial charge in [0, 0.05) is 35.6 Å². The molecule has 0 saturated heterocycles. The number of amides is 1. The Balaban J connectivity index is 1.35. The number of carbonyl (C=O) groups is 1. The Morgan fingerprint density at radius 1 is 1.11 bits per heavy atom. The molecule has 0 aliphatic rings. The van der Waals surface area contributed by atoms with E-state index in [1.54, 1.807) is 0 Å². The molecule has 5 heteroatoms. The van der Waals surface area contributed by atoms with E-state index in [9.17, 15) is 4.79 Å². The smallest absolute Gasteiger partial charge is 0.226 e. The number of oxazole rings is 1. The maximum atomic E-state index is 12.3. The monoisotopic (exact) mass is 373 g/mol. The zero-order chi connectivity index (χ0) is 19.5. The van der Waals surface area contributed by atoms with Crippen LogP contribution in [0, 0.1) is 13.8 Å². The highest BCUT2D eigenvalue weighted by atomic mass is 16.4. The Morgan fingerprint density at radius 2 is 1.89 bits per heavy atom. The SMILES string of the molecule is Cc1ccc(-c2nc(CCNC(=O)Cc3c[nH]c4ccccc34)c(C)o2)cc1. The summed E-state index contributed by atoms with van der Waals surface area (Å²) in [5.41, 5.74) is 5.09. The number of H-pyrrole nitrogens is 1. The summed E-state index contributed by atoms with van der Waals surface area (Å²) in [4.78, 5) is 20.1. The summed E-state index contributed by atoms with van der Waals surface area (Å²) < 4.78 is 5.80. The van der Waals surface area contributed by atoms with Crippen molar-refractivity contribution in [3.63, 3.8) is 0 Å². The number of nitrogens with one attached hydrogen (secondary N) is 2. The van der Waals surface area contributed by atoms with E-state index in [1.165, 1.54) is 5.56 Å². The van der Waals surface area contributed by atoms with Crippen molar-refractivity contribution in [3.8, 4) is 11.5 Å². The number of benzene rings is 2. The van der Waals surface area contributed by atoms with E-state index >= 15 is 0 Å². The molecule has 2 heterocycles. The minimum absolute atomic E-state index is 0.00431. The van der Waals surface area contributed by atoms with Crippen molar-refractivity contribution in [2.75, 3.05) is 6.54 Å². The minimum atomic E-state index is 0.00431. The van der Waals surface area contributed by atoms with Gasteiger partial charge in [-0.15, -0.1) is 0 Å². The molecular weight excluding hydrogens is 350 g/mol. The number of hydrogen-bond donors (Lipinski definition) is 2. The van der Waals surface area contributed by atoms with Crippen LogP contribution in [0.2, 0.25) is 0 Å².